The third-order valence-corrected chi connectivity index (χ3v) is 4.25. The Morgan fingerprint density at radius 2 is 1.88 bits per heavy atom. The van der Waals surface area contributed by atoms with Crippen molar-refractivity contribution >= 4 is 23.3 Å². The quantitative estimate of drug-likeness (QED) is 0.861. The first kappa shape index (κ1) is 17.6. The molecule has 7 heteroatoms. The number of hydrazone groups is 1. The average molecular weight is 352 g/mol. The summed E-state index contributed by atoms with van der Waals surface area (Å²) in [5, 5.41) is 15.3. The van der Waals surface area contributed by atoms with Crippen molar-refractivity contribution in [1.82, 2.24) is 9.88 Å². The van der Waals surface area contributed by atoms with Crippen molar-refractivity contribution in [2.75, 3.05) is 11.6 Å². The molecule has 2 aromatic rings. The second kappa shape index (κ2) is 7.77. The maximum atomic E-state index is 12.9. The highest BCUT2D eigenvalue weighted by atomic mass is 16.4. The molecule has 0 spiro atoms. The van der Waals surface area contributed by atoms with Crippen LogP contribution in [0, 0.1) is 0 Å². The van der Waals surface area contributed by atoms with Crippen molar-refractivity contribution < 1.29 is 14.7 Å². The van der Waals surface area contributed by atoms with Gasteiger partial charge in [-0.25, -0.2) is 4.79 Å². The molecule has 1 unspecified atom stereocenters. The Balaban J connectivity index is 1.82. The summed E-state index contributed by atoms with van der Waals surface area (Å²) in [6.45, 7) is 2.82. The zero-order valence-corrected chi connectivity index (χ0v) is 14.4. The number of aromatic nitrogens is 1. The maximum absolute atomic E-state index is 12.9. The van der Waals surface area contributed by atoms with Crippen LogP contribution in [-0.2, 0) is 16.1 Å². The maximum Gasteiger partial charge on any atom is 0.328 e. The fourth-order valence-electron chi connectivity index (χ4n) is 2.87. The summed E-state index contributed by atoms with van der Waals surface area (Å²) in [5.74, 6) is -1.24. The lowest BCUT2D eigenvalue weighted by atomic mass is 10.1. The molecule has 0 saturated heterocycles. The molecule has 2 heterocycles. The fourth-order valence-corrected chi connectivity index (χ4v) is 2.87. The molecule has 1 aliphatic heterocycles. The van der Waals surface area contributed by atoms with Gasteiger partial charge in [-0.3, -0.25) is 14.8 Å². The SMILES string of the molecule is CCN(Cc1ccncc1)C(=O)C1=NN(c2ccccc2)C(C(=O)O)C1. The Hall–Kier alpha value is -3.22. The lowest BCUT2D eigenvalue weighted by Gasteiger charge is -2.20. The van der Waals surface area contributed by atoms with E-state index in [4.69, 9.17) is 0 Å². The molecular formula is C19H20N4O3. The number of nitrogens with zero attached hydrogens (tertiary/aromatic N) is 4. The predicted octanol–water partition coefficient (Wildman–Crippen LogP) is 2.15. The van der Waals surface area contributed by atoms with Gasteiger partial charge in [0.05, 0.1) is 5.69 Å². The van der Waals surface area contributed by atoms with Gasteiger partial charge in [0.2, 0.25) is 0 Å². The Bertz CT molecular complexity index is 808. The van der Waals surface area contributed by atoms with Gasteiger partial charge in [-0.2, -0.15) is 5.10 Å². The number of anilines is 1. The molecule has 134 valence electrons. The number of para-hydroxylation sites is 1. The summed E-state index contributed by atoms with van der Waals surface area (Å²) in [7, 11) is 0. The van der Waals surface area contributed by atoms with Gasteiger partial charge in [-0.1, -0.05) is 18.2 Å². The largest absolute Gasteiger partial charge is 0.480 e. The van der Waals surface area contributed by atoms with Crippen LogP contribution in [0.4, 0.5) is 5.69 Å². The zero-order chi connectivity index (χ0) is 18.5. The van der Waals surface area contributed by atoms with E-state index >= 15 is 0 Å². The van der Waals surface area contributed by atoms with Crippen LogP contribution in [0.2, 0.25) is 0 Å². The Kier molecular flexibility index (Phi) is 5.26. The fraction of sp³-hybridized carbons (Fsp3) is 0.263. The summed E-state index contributed by atoms with van der Waals surface area (Å²) in [6, 6.07) is 11.8. The van der Waals surface area contributed by atoms with Crippen LogP contribution in [0.5, 0.6) is 0 Å². The third-order valence-electron chi connectivity index (χ3n) is 4.25. The van der Waals surface area contributed by atoms with Gasteiger partial charge in [0, 0.05) is 31.9 Å². The van der Waals surface area contributed by atoms with E-state index in [1.54, 1.807) is 29.4 Å². The highest BCUT2D eigenvalue weighted by molar-refractivity contribution is 6.40. The van der Waals surface area contributed by atoms with E-state index in [0.717, 1.165) is 5.56 Å². The predicted molar refractivity (Wildman–Crippen MR) is 97.7 cm³/mol. The van der Waals surface area contributed by atoms with E-state index in [-0.39, 0.29) is 18.0 Å². The van der Waals surface area contributed by atoms with Crippen LogP contribution in [0.1, 0.15) is 18.9 Å². The highest BCUT2D eigenvalue weighted by Crippen LogP contribution is 2.25. The summed E-state index contributed by atoms with van der Waals surface area (Å²) >= 11 is 0. The number of benzene rings is 1. The molecule has 1 N–H and O–H groups in total. The number of aliphatic carboxylic acids is 1. The number of pyridine rings is 1. The summed E-state index contributed by atoms with van der Waals surface area (Å²) < 4.78 is 0. The molecule has 1 amide bonds. The number of carboxylic acids is 1. The van der Waals surface area contributed by atoms with Gasteiger partial charge >= 0.3 is 5.97 Å². The van der Waals surface area contributed by atoms with E-state index in [2.05, 4.69) is 10.1 Å². The van der Waals surface area contributed by atoms with Crippen LogP contribution in [-0.4, -0.2) is 45.2 Å². The van der Waals surface area contributed by atoms with Gasteiger partial charge in [0.25, 0.3) is 5.91 Å². The molecule has 0 fully saturated rings. The second-order valence-corrected chi connectivity index (χ2v) is 5.96. The molecule has 0 saturated carbocycles. The van der Waals surface area contributed by atoms with Gasteiger partial charge in [0.15, 0.2) is 6.04 Å². The molecule has 3 rings (SSSR count). The van der Waals surface area contributed by atoms with Gasteiger partial charge in [-0.05, 0) is 36.8 Å². The standard InChI is InChI=1S/C19H20N4O3/c1-2-22(13-14-8-10-20-11-9-14)18(24)16-12-17(19(25)26)23(21-16)15-6-4-3-5-7-15/h3-11,17H,2,12-13H2,1H3,(H,25,26). The molecule has 0 radical (unpaired) electrons. The summed E-state index contributed by atoms with van der Waals surface area (Å²) in [6.07, 6.45) is 3.44. The van der Waals surface area contributed by atoms with Crippen LogP contribution in [0.25, 0.3) is 0 Å². The molecule has 0 aliphatic carbocycles. The number of carbonyl (C=O) groups is 2. The number of carboxylic acid groups (broad SMARTS) is 1. The zero-order valence-electron chi connectivity index (χ0n) is 14.4. The smallest absolute Gasteiger partial charge is 0.328 e. The van der Waals surface area contributed by atoms with Gasteiger partial charge in [0.1, 0.15) is 5.71 Å². The van der Waals surface area contributed by atoms with Crippen molar-refractivity contribution in [3.05, 3.63) is 60.4 Å². The number of hydrogen-bond donors (Lipinski definition) is 1. The van der Waals surface area contributed by atoms with Crippen molar-refractivity contribution in [3.8, 4) is 0 Å². The first-order valence-corrected chi connectivity index (χ1v) is 8.43. The van der Waals surface area contributed by atoms with E-state index in [1.807, 2.05) is 37.3 Å². The number of carbonyl (C=O) groups excluding carboxylic acids is 1. The van der Waals surface area contributed by atoms with Gasteiger partial charge < -0.3 is 10.0 Å². The normalized spacial score (nSPS) is 16.3. The number of hydrogen-bond acceptors (Lipinski definition) is 5. The first-order chi connectivity index (χ1) is 12.6. The van der Waals surface area contributed by atoms with E-state index in [1.165, 1.54) is 5.01 Å². The minimum Gasteiger partial charge on any atom is -0.480 e. The topological polar surface area (TPSA) is 86.1 Å². The van der Waals surface area contributed by atoms with Crippen molar-refractivity contribution in [1.29, 1.82) is 0 Å². The molecule has 0 bridgehead atoms. The lowest BCUT2D eigenvalue weighted by molar-refractivity contribution is -0.138. The lowest BCUT2D eigenvalue weighted by Crippen LogP contribution is -2.37. The monoisotopic (exact) mass is 352 g/mol. The summed E-state index contributed by atoms with van der Waals surface area (Å²) in [4.78, 5) is 30.2. The molecule has 1 aliphatic rings. The molecule has 26 heavy (non-hydrogen) atoms. The van der Waals surface area contributed by atoms with Crippen molar-refractivity contribution in [2.24, 2.45) is 5.10 Å². The Labute approximate surface area is 151 Å². The van der Waals surface area contributed by atoms with Crippen molar-refractivity contribution in [3.63, 3.8) is 0 Å². The molecule has 7 nitrogen and oxygen atoms in total. The molecule has 1 aromatic carbocycles. The van der Waals surface area contributed by atoms with Crippen LogP contribution < -0.4 is 5.01 Å². The molecular weight excluding hydrogens is 332 g/mol. The van der Waals surface area contributed by atoms with Crippen LogP contribution in [0.3, 0.4) is 0 Å². The Morgan fingerprint density at radius 1 is 1.19 bits per heavy atom. The molecule has 1 atom stereocenters. The third kappa shape index (κ3) is 3.72. The van der Waals surface area contributed by atoms with Gasteiger partial charge in [-0.15, -0.1) is 0 Å². The summed E-state index contributed by atoms with van der Waals surface area (Å²) in [5.41, 5.74) is 1.88. The van der Waals surface area contributed by atoms with E-state index in [9.17, 15) is 14.7 Å². The first-order valence-electron chi connectivity index (χ1n) is 8.43. The minimum absolute atomic E-state index is 0.0793. The van der Waals surface area contributed by atoms with Crippen LogP contribution >= 0.6 is 0 Å². The van der Waals surface area contributed by atoms with Crippen LogP contribution in [0.15, 0.2) is 60.0 Å². The van der Waals surface area contributed by atoms with E-state index in [0.29, 0.717) is 18.8 Å². The van der Waals surface area contributed by atoms with Crippen molar-refractivity contribution in [2.45, 2.75) is 25.9 Å². The average Bonchev–Trinajstić information content (AvgIpc) is 3.13. The Morgan fingerprint density at radius 3 is 2.50 bits per heavy atom. The number of amides is 1. The van der Waals surface area contributed by atoms with E-state index < -0.39 is 12.0 Å². The highest BCUT2D eigenvalue weighted by Gasteiger charge is 2.37. The second-order valence-electron chi connectivity index (χ2n) is 5.96. The number of rotatable bonds is 6. The minimum atomic E-state index is -1.00. The molecule has 1 aromatic heterocycles.